The van der Waals surface area contributed by atoms with Crippen molar-refractivity contribution in [2.24, 2.45) is 5.14 Å². The number of hydrogen-bond donors (Lipinski definition) is 1. The Hall–Kier alpha value is -2.75. The van der Waals surface area contributed by atoms with Gasteiger partial charge in [-0.05, 0) is 37.3 Å². The van der Waals surface area contributed by atoms with Gasteiger partial charge in [-0.15, -0.1) is 10.2 Å². The highest BCUT2D eigenvalue weighted by molar-refractivity contribution is 7.89. The number of rotatable bonds is 5. The molecule has 0 aliphatic carbocycles. The molecule has 0 unspecified atom stereocenters. The predicted molar refractivity (Wildman–Crippen MR) is 96.4 cm³/mol. The van der Waals surface area contributed by atoms with Crippen molar-refractivity contribution in [2.45, 2.75) is 18.4 Å². The lowest BCUT2D eigenvalue weighted by atomic mass is 10.1. The molecule has 0 radical (unpaired) electrons. The highest BCUT2D eigenvalue weighted by atomic mass is 35.5. The molecule has 2 aromatic carbocycles. The van der Waals surface area contributed by atoms with Crippen LogP contribution in [0, 0.1) is 6.92 Å². The molecule has 0 spiro atoms. The minimum atomic E-state index is -3.98. The van der Waals surface area contributed by atoms with E-state index in [1.165, 1.54) is 12.1 Å². The Morgan fingerprint density at radius 1 is 1.22 bits per heavy atom. The summed E-state index contributed by atoms with van der Waals surface area (Å²) in [7, 11) is -3.98. The highest BCUT2D eigenvalue weighted by Gasteiger charge is 2.18. The molecule has 0 saturated heterocycles. The first kappa shape index (κ1) is 19.0. The van der Waals surface area contributed by atoms with E-state index in [2.05, 4.69) is 10.2 Å². The van der Waals surface area contributed by atoms with Gasteiger partial charge in [0.1, 0.15) is 0 Å². The second-order valence-corrected chi connectivity index (χ2v) is 7.60. The number of esters is 1. The van der Waals surface area contributed by atoms with E-state index in [-0.39, 0.29) is 28.0 Å². The summed E-state index contributed by atoms with van der Waals surface area (Å²) in [5, 5.41) is 12.8. The predicted octanol–water partition coefficient (Wildman–Crippen LogP) is 2.70. The Labute approximate surface area is 160 Å². The lowest BCUT2D eigenvalue weighted by Gasteiger charge is -2.06. The minimum Gasteiger partial charge on any atom is -0.452 e. The lowest BCUT2D eigenvalue weighted by Crippen LogP contribution is -2.14. The van der Waals surface area contributed by atoms with Crippen LogP contribution in [-0.4, -0.2) is 24.6 Å². The Balaban J connectivity index is 1.73. The maximum atomic E-state index is 12.2. The van der Waals surface area contributed by atoms with Crippen LogP contribution in [0.15, 0.2) is 51.8 Å². The molecule has 140 valence electrons. The topological polar surface area (TPSA) is 125 Å². The van der Waals surface area contributed by atoms with Crippen molar-refractivity contribution in [3.05, 3.63) is 64.5 Å². The molecule has 0 atom stereocenters. The third-order valence-corrected chi connectivity index (χ3v) is 4.79. The summed E-state index contributed by atoms with van der Waals surface area (Å²) >= 11 is 5.93. The summed E-state index contributed by atoms with van der Waals surface area (Å²) in [6.45, 7) is 1.63. The zero-order valence-electron chi connectivity index (χ0n) is 14.0. The molecule has 10 heteroatoms. The maximum Gasteiger partial charge on any atom is 0.340 e. The van der Waals surface area contributed by atoms with Gasteiger partial charge in [0.05, 0.1) is 15.5 Å². The van der Waals surface area contributed by atoms with Crippen molar-refractivity contribution in [2.75, 3.05) is 0 Å². The van der Waals surface area contributed by atoms with E-state index in [0.717, 1.165) is 17.2 Å². The van der Waals surface area contributed by atoms with E-state index < -0.39 is 16.0 Å². The van der Waals surface area contributed by atoms with Gasteiger partial charge in [-0.3, -0.25) is 0 Å². The smallest absolute Gasteiger partial charge is 0.340 e. The second kappa shape index (κ2) is 7.47. The number of aryl methyl sites for hydroxylation is 1. The zero-order valence-corrected chi connectivity index (χ0v) is 15.6. The number of hydrogen-bond acceptors (Lipinski definition) is 7. The molecule has 3 rings (SSSR count). The summed E-state index contributed by atoms with van der Waals surface area (Å²) in [6, 6.07) is 11.0. The van der Waals surface area contributed by atoms with E-state index in [1.54, 1.807) is 0 Å². The summed E-state index contributed by atoms with van der Waals surface area (Å²) in [5.41, 5.74) is 1.63. The van der Waals surface area contributed by atoms with Crippen molar-refractivity contribution in [1.82, 2.24) is 10.2 Å². The molecule has 0 fully saturated rings. The number of carbonyl (C=O) groups is 1. The summed E-state index contributed by atoms with van der Waals surface area (Å²) in [4.78, 5) is 12.0. The Morgan fingerprint density at radius 2 is 2.00 bits per heavy atom. The Kier molecular flexibility index (Phi) is 5.26. The molecule has 1 heterocycles. The first-order chi connectivity index (χ1) is 12.7. The van der Waals surface area contributed by atoms with Gasteiger partial charge in [0.25, 0.3) is 5.89 Å². The number of carbonyl (C=O) groups excluding carboxylic acids is 1. The molecular formula is C17H14ClN3O5S. The van der Waals surface area contributed by atoms with Crippen molar-refractivity contribution >= 4 is 27.6 Å². The third-order valence-electron chi connectivity index (χ3n) is 3.54. The maximum absolute atomic E-state index is 12.2. The van der Waals surface area contributed by atoms with Crippen molar-refractivity contribution in [3.8, 4) is 11.5 Å². The van der Waals surface area contributed by atoms with Crippen LogP contribution in [0.4, 0.5) is 0 Å². The quantitative estimate of drug-likeness (QED) is 0.644. The highest BCUT2D eigenvalue weighted by Crippen LogP contribution is 2.22. The largest absolute Gasteiger partial charge is 0.452 e. The molecule has 3 aromatic rings. The molecule has 0 aliphatic rings. The first-order valence-electron chi connectivity index (χ1n) is 7.63. The van der Waals surface area contributed by atoms with Crippen LogP contribution in [0.2, 0.25) is 5.02 Å². The fourth-order valence-corrected chi connectivity index (χ4v) is 2.98. The molecular weight excluding hydrogens is 394 g/mol. The second-order valence-electron chi connectivity index (χ2n) is 5.63. The molecule has 0 aliphatic heterocycles. The van der Waals surface area contributed by atoms with Gasteiger partial charge in [0.15, 0.2) is 6.61 Å². The van der Waals surface area contributed by atoms with Crippen molar-refractivity contribution < 1.29 is 22.4 Å². The van der Waals surface area contributed by atoms with E-state index in [0.29, 0.717) is 5.89 Å². The van der Waals surface area contributed by atoms with Gasteiger partial charge in [-0.1, -0.05) is 29.3 Å². The third kappa shape index (κ3) is 4.51. The molecule has 0 saturated carbocycles. The van der Waals surface area contributed by atoms with Crippen LogP contribution in [0.5, 0.6) is 0 Å². The number of aromatic nitrogens is 2. The van der Waals surface area contributed by atoms with Crippen LogP contribution in [-0.2, 0) is 21.4 Å². The van der Waals surface area contributed by atoms with E-state index in [4.69, 9.17) is 25.9 Å². The van der Waals surface area contributed by atoms with Gasteiger partial charge >= 0.3 is 5.97 Å². The number of primary sulfonamides is 1. The zero-order chi connectivity index (χ0) is 19.6. The monoisotopic (exact) mass is 407 g/mol. The molecule has 1 aromatic heterocycles. The van der Waals surface area contributed by atoms with E-state index in [9.17, 15) is 13.2 Å². The standard InChI is InChI=1S/C17H14ClN3O5S/c1-10-3-2-4-11(7-10)16-21-20-15(26-16)9-25-17(22)13-8-12(27(19,23)24)5-6-14(13)18/h2-8H,9H2,1H3,(H2,19,23,24). The number of benzene rings is 2. The molecule has 27 heavy (non-hydrogen) atoms. The van der Waals surface area contributed by atoms with Crippen LogP contribution >= 0.6 is 11.6 Å². The minimum absolute atomic E-state index is 0.0263. The summed E-state index contributed by atoms with van der Waals surface area (Å²) < 4.78 is 33.4. The SMILES string of the molecule is Cc1cccc(-c2nnc(COC(=O)c3cc(S(N)(=O)=O)ccc3Cl)o2)c1. The normalized spacial score (nSPS) is 11.4. The van der Waals surface area contributed by atoms with Gasteiger partial charge in [-0.25, -0.2) is 18.4 Å². The molecule has 0 bridgehead atoms. The van der Waals surface area contributed by atoms with Gasteiger partial charge in [-0.2, -0.15) is 0 Å². The fourth-order valence-electron chi connectivity index (χ4n) is 2.25. The fraction of sp³-hybridized carbons (Fsp3) is 0.118. The van der Waals surface area contributed by atoms with Crippen molar-refractivity contribution in [1.29, 1.82) is 0 Å². The average molecular weight is 408 g/mol. The number of nitrogens with two attached hydrogens (primary N) is 1. The van der Waals surface area contributed by atoms with Gasteiger partial charge in [0.2, 0.25) is 15.9 Å². The van der Waals surface area contributed by atoms with E-state index in [1.807, 2.05) is 31.2 Å². The number of ether oxygens (including phenoxy) is 1. The number of nitrogens with zero attached hydrogens (tertiary/aromatic N) is 2. The molecule has 0 amide bonds. The van der Waals surface area contributed by atoms with Gasteiger partial charge < -0.3 is 9.15 Å². The van der Waals surface area contributed by atoms with Crippen LogP contribution in [0.3, 0.4) is 0 Å². The summed E-state index contributed by atoms with van der Waals surface area (Å²) in [6.07, 6.45) is 0. The lowest BCUT2D eigenvalue weighted by molar-refractivity contribution is 0.0438. The van der Waals surface area contributed by atoms with Crippen molar-refractivity contribution in [3.63, 3.8) is 0 Å². The number of sulfonamides is 1. The average Bonchev–Trinajstić information content (AvgIpc) is 3.08. The van der Waals surface area contributed by atoms with Crippen LogP contribution < -0.4 is 5.14 Å². The summed E-state index contributed by atoms with van der Waals surface area (Å²) in [5.74, 6) is -0.474. The molecule has 2 N–H and O–H groups in total. The van der Waals surface area contributed by atoms with Gasteiger partial charge in [0, 0.05) is 5.56 Å². The first-order valence-corrected chi connectivity index (χ1v) is 9.55. The number of halogens is 1. The van der Waals surface area contributed by atoms with Crippen LogP contribution in [0.1, 0.15) is 21.8 Å². The Bertz CT molecular complexity index is 1110. The Morgan fingerprint density at radius 3 is 2.70 bits per heavy atom. The molecule has 8 nitrogen and oxygen atoms in total. The van der Waals surface area contributed by atoms with Crippen LogP contribution in [0.25, 0.3) is 11.5 Å². The van der Waals surface area contributed by atoms with E-state index >= 15 is 0 Å².